The quantitative estimate of drug-likeness (QED) is 0.379. The van der Waals surface area contributed by atoms with Crippen LogP contribution in [0.3, 0.4) is 0 Å². The van der Waals surface area contributed by atoms with Crippen LogP contribution in [0, 0.1) is 5.41 Å². The van der Waals surface area contributed by atoms with Crippen LogP contribution < -0.4 is 21.1 Å². The van der Waals surface area contributed by atoms with Gasteiger partial charge >= 0.3 is 0 Å². The van der Waals surface area contributed by atoms with Crippen LogP contribution in [0.15, 0.2) is 18.2 Å². The Hall–Kier alpha value is -2.61. The molecule has 1 heterocycles. The van der Waals surface area contributed by atoms with Gasteiger partial charge in [0.25, 0.3) is 0 Å². The minimum atomic E-state index is -0.413. The van der Waals surface area contributed by atoms with E-state index < -0.39 is 6.04 Å². The number of carbonyl (C=O) groups is 2. The first kappa shape index (κ1) is 22.1. The molecule has 1 atom stereocenters. The molecule has 1 aliphatic heterocycles. The zero-order valence-corrected chi connectivity index (χ0v) is 17.7. The largest absolute Gasteiger partial charge is 0.496 e. The van der Waals surface area contributed by atoms with Crippen LogP contribution in [-0.2, 0) is 16.1 Å². The molecule has 2 amide bonds. The maximum absolute atomic E-state index is 12.8. The van der Waals surface area contributed by atoms with Crippen molar-refractivity contribution in [3.8, 4) is 5.75 Å². The third-order valence-corrected chi connectivity index (χ3v) is 6.05. The number of nitrogens with zero attached hydrogens (tertiary/aromatic N) is 1. The molecular weight excluding hydrogens is 382 g/mol. The number of ether oxygens (including phenoxy) is 1. The average molecular weight is 416 g/mol. The Balaban J connectivity index is 1.52. The molecule has 1 saturated carbocycles. The molecule has 164 valence electrons. The molecule has 0 radical (unpaired) electrons. The second-order valence-corrected chi connectivity index (χ2v) is 8.13. The molecule has 0 unspecified atom stereocenters. The van der Waals surface area contributed by atoms with Crippen LogP contribution in [0.2, 0.25) is 0 Å². The summed E-state index contributed by atoms with van der Waals surface area (Å²) in [7, 11) is 1.52. The molecule has 8 nitrogen and oxygen atoms in total. The third kappa shape index (κ3) is 5.50. The van der Waals surface area contributed by atoms with E-state index in [2.05, 4.69) is 10.6 Å². The highest BCUT2D eigenvalue weighted by Crippen LogP contribution is 2.21. The number of hydrogen-bond donors (Lipinski definition) is 4. The predicted octanol–water partition coefficient (Wildman–Crippen LogP) is 1.51. The fourth-order valence-corrected chi connectivity index (χ4v) is 4.35. The predicted molar refractivity (Wildman–Crippen MR) is 115 cm³/mol. The standard InChI is InChI=1S/C22H33N5O3/c1-30-19-12-15(9-10-17(19)21(23)24)13-26-22(29)18-8-5-11-27(18)20(28)14-25-16-6-3-2-4-7-16/h9-10,12,16,18,25H,2-8,11,13-14H2,1H3,(H3,23,24)(H,26,29)/t18-/m1/s1. The molecule has 1 saturated heterocycles. The number of nitrogen functional groups attached to an aromatic ring is 1. The molecule has 2 fully saturated rings. The lowest BCUT2D eigenvalue weighted by molar-refractivity contribution is -0.138. The maximum Gasteiger partial charge on any atom is 0.243 e. The van der Waals surface area contributed by atoms with Crippen LogP contribution in [0.1, 0.15) is 56.1 Å². The van der Waals surface area contributed by atoms with Crippen molar-refractivity contribution in [2.75, 3.05) is 20.2 Å². The van der Waals surface area contributed by atoms with Crippen molar-refractivity contribution < 1.29 is 14.3 Å². The average Bonchev–Trinajstić information content (AvgIpc) is 3.26. The molecule has 30 heavy (non-hydrogen) atoms. The summed E-state index contributed by atoms with van der Waals surface area (Å²) in [6.07, 6.45) is 7.51. The molecule has 0 spiro atoms. The molecule has 1 aliphatic carbocycles. The number of amides is 2. The minimum Gasteiger partial charge on any atom is -0.496 e. The highest BCUT2D eigenvalue weighted by Gasteiger charge is 2.33. The number of rotatable bonds is 8. The van der Waals surface area contributed by atoms with E-state index in [1.807, 2.05) is 6.07 Å². The molecule has 8 heteroatoms. The van der Waals surface area contributed by atoms with Crippen molar-refractivity contribution in [2.24, 2.45) is 5.73 Å². The zero-order chi connectivity index (χ0) is 21.5. The Kier molecular flexibility index (Phi) is 7.68. The smallest absolute Gasteiger partial charge is 0.243 e. The summed E-state index contributed by atoms with van der Waals surface area (Å²) in [5.41, 5.74) is 6.92. The minimum absolute atomic E-state index is 0.00528. The monoisotopic (exact) mass is 415 g/mol. The topological polar surface area (TPSA) is 121 Å². The lowest BCUT2D eigenvalue weighted by Crippen LogP contribution is -2.49. The summed E-state index contributed by atoms with van der Waals surface area (Å²) >= 11 is 0. The second-order valence-electron chi connectivity index (χ2n) is 8.13. The highest BCUT2D eigenvalue weighted by atomic mass is 16.5. The van der Waals surface area contributed by atoms with Gasteiger partial charge < -0.3 is 26.0 Å². The van der Waals surface area contributed by atoms with Crippen molar-refractivity contribution in [1.29, 1.82) is 5.41 Å². The molecular formula is C22H33N5O3. The zero-order valence-electron chi connectivity index (χ0n) is 17.7. The molecule has 1 aromatic carbocycles. The van der Waals surface area contributed by atoms with Gasteiger partial charge in [0.1, 0.15) is 17.6 Å². The molecule has 1 aromatic rings. The first-order chi connectivity index (χ1) is 14.5. The van der Waals surface area contributed by atoms with Crippen molar-refractivity contribution in [1.82, 2.24) is 15.5 Å². The fraction of sp³-hybridized carbons (Fsp3) is 0.591. The fourth-order valence-electron chi connectivity index (χ4n) is 4.35. The van der Waals surface area contributed by atoms with Crippen molar-refractivity contribution in [2.45, 2.75) is 63.6 Å². The molecule has 0 bridgehead atoms. The molecule has 2 aliphatic rings. The first-order valence-electron chi connectivity index (χ1n) is 10.8. The van der Waals surface area contributed by atoms with Gasteiger partial charge in [-0.15, -0.1) is 0 Å². The summed E-state index contributed by atoms with van der Waals surface area (Å²) in [5, 5.41) is 13.9. The third-order valence-electron chi connectivity index (χ3n) is 6.05. The Morgan fingerprint density at radius 3 is 2.67 bits per heavy atom. The van der Waals surface area contributed by atoms with E-state index >= 15 is 0 Å². The van der Waals surface area contributed by atoms with Gasteiger partial charge in [-0.05, 0) is 43.4 Å². The van der Waals surface area contributed by atoms with Gasteiger partial charge in [-0.2, -0.15) is 0 Å². The van der Waals surface area contributed by atoms with E-state index in [0.29, 0.717) is 43.4 Å². The van der Waals surface area contributed by atoms with Crippen LogP contribution in [0.4, 0.5) is 0 Å². The number of nitrogens with two attached hydrogens (primary N) is 1. The van der Waals surface area contributed by atoms with E-state index in [1.54, 1.807) is 17.0 Å². The number of likely N-dealkylation sites (tertiary alicyclic amines) is 1. The van der Waals surface area contributed by atoms with Gasteiger partial charge in [0, 0.05) is 19.1 Å². The van der Waals surface area contributed by atoms with Crippen LogP contribution >= 0.6 is 0 Å². The van der Waals surface area contributed by atoms with Crippen molar-refractivity contribution >= 4 is 17.6 Å². The summed E-state index contributed by atoms with van der Waals surface area (Å²) in [5.74, 6) is 0.309. The summed E-state index contributed by atoms with van der Waals surface area (Å²) in [4.78, 5) is 27.2. The van der Waals surface area contributed by atoms with Gasteiger partial charge in [0.2, 0.25) is 11.8 Å². The Labute approximate surface area is 178 Å². The van der Waals surface area contributed by atoms with E-state index in [9.17, 15) is 9.59 Å². The number of carbonyl (C=O) groups excluding carboxylic acids is 2. The van der Waals surface area contributed by atoms with E-state index in [0.717, 1.165) is 24.8 Å². The van der Waals surface area contributed by atoms with Crippen LogP contribution in [0.25, 0.3) is 0 Å². The lowest BCUT2D eigenvalue weighted by Gasteiger charge is -2.27. The van der Waals surface area contributed by atoms with Crippen molar-refractivity contribution in [3.63, 3.8) is 0 Å². The Morgan fingerprint density at radius 1 is 1.20 bits per heavy atom. The maximum atomic E-state index is 12.8. The van der Waals surface area contributed by atoms with E-state index in [4.69, 9.17) is 15.9 Å². The van der Waals surface area contributed by atoms with Crippen molar-refractivity contribution in [3.05, 3.63) is 29.3 Å². The summed E-state index contributed by atoms with van der Waals surface area (Å²) in [6, 6.07) is 5.30. The van der Waals surface area contributed by atoms with Gasteiger partial charge in [-0.25, -0.2) is 0 Å². The van der Waals surface area contributed by atoms with Gasteiger partial charge in [-0.3, -0.25) is 15.0 Å². The molecule has 5 N–H and O–H groups in total. The Morgan fingerprint density at radius 2 is 1.97 bits per heavy atom. The second kappa shape index (κ2) is 10.4. The molecule has 0 aromatic heterocycles. The van der Waals surface area contributed by atoms with Gasteiger partial charge in [0.15, 0.2) is 0 Å². The van der Waals surface area contributed by atoms with E-state index in [1.165, 1.54) is 26.4 Å². The number of hydrogen-bond acceptors (Lipinski definition) is 5. The number of methoxy groups -OCH3 is 1. The SMILES string of the molecule is COc1cc(CNC(=O)[C@H]2CCCN2C(=O)CNC2CCCCC2)ccc1C(=N)N. The van der Waals surface area contributed by atoms with Gasteiger partial charge in [0.05, 0.1) is 19.2 Å². The number of amidine groups is 1. The van der Waals surface area contributed by atoms with Crippen LogP contribution in [-0.4, -0.2) is 54.8 Å². The highest BCUT2D eigenvalue weighted by molar-refractivity contribution is 5.97. The number of nitrogens with one attached hydrogen (secondary N) is 3. The van der Waals surface area contributed by atoms with E-state index in [-0.39, 0.29) is 17.6 Å². The molecule has 3 rings (SSSR count). The first-order valence-corrected chi connectivity index (χ1v) is 10.8. The van der Waals surface area contributed by atoms with Crippen LogP contribution in [0.5, 0.6) is 5.75 Å². The Bertz CT molecular complexity index is 776. The lowest BCUT2D eigenvalue weighted by atomic mass is 9.95. The number of benzene rings is 1. The summed E-state index contributed by atoms with van der Waals surface area (Å²) in [6.45, 7) is 1.26. The van der Waals surface area contributed by atoms with Gasteiger partial charge in [-0.1, -0.05) is 25.3 Å². The normalized spacial score (nSPS) is 19.5. The summed E-state index contributed by atoms with van der Waals surface area (Å²) < 4.78 is 5.29.